The average Bonchev–Trinajstić information content (AvgIpc) is 2.90. The molecule has 1 aliphatic heterocycles. The molecular formula is C14H23N3O3. The monoisotopic (exact) mass is 281 g/mol. The summed E-state index contributed by atoms with van der Waals surface area (Å²) in [5.74, 6) is 0.482. The molecular weight excluding hydrogens is 258 g/mol. The zero-order chi connectivity index (χ0) is 14.5. The molecule has 6 nitrogen and oxygen atoms in total. The second kappa shape index (κ2) is 6.85. The predicted molar refractivity (Wildman–Crippen MR) is 75.3 cm³/mol. The Bertz CT molecular complexity index is 435. The third-order valence-corrected chi connectivity index (χ3v) is 3.54. The fourth-order valence-corrected chi connectivity index (χ4v) is 2.54. The lowest BCUT2D eigenvalue weighted by molar-refractivity contribution is -0.0169. The normalized spacial score (nSPS) is 20.1. The number of Topliss-reactive ketones (excluding diaryl/α,β-unsaturated/α-hetero) is 1. The van der Waals surface area contributed by atoms with Crippen molar-refractivity contribution >= 4 is 5.78 Å². The zero-order valence-electron chi connectivity index (χ0n) is 12.5. The third-order valence-electron chi connectivity index (χ3n) is 3.54. The predicted octanol–water partition coefficient (Wildman–Crippen LogP) is 1.21. The molecule has 1 saturated heterocycles. The summed E-state index contributed by atoms with van der Waals surface area (Å²) in [7, 11) is 1.55. The lowest BCUT2D eigenvalue weighted by Crippen LogP contribution is -2.46. The Morgan fingerprint density at radius 1 is 1.55 bits per heavy atom. The van der Waals surface area contributed by atoms with Crippen molar-refractivity contribution in [2.75, 3.05) is 33.4 Å². The highest BCUT2D eigenvalue weighted by molar-refractivity contribution is 6.00. The third kappa shape index (κ3) is 3.02. The topological polar surface area (TPSA) is 56.6 Å². The molecule has 1 aromatic rings. The lowest BCUT2D eigenvalue weighted by atomic mass is 10.1. The van der Waals surface area contributed by atoms with Gasteiger partial charge in [0.25, 0.3) is 0 Å². The quantitative estimate of drug-likeness (QED) is 0.734. The lowest BCUT2D eigenvalue weighted by Gasteiger charge is -2.31. The average molecular weight is 281 g/mol. The van der Waals surface area contributed by atoms with Gasteiger partial charge in [-0.2, -0.15) is 5.10 Å². The van der Waals surface area contributed by atoms with E-state index < -0.39 is 6.10 Å². The summed E-state index contributed by atoms with van der Waals surface area (Å²) < 4.78 is 12.6. The number of carbonyl (C=O) groups excluding carboxylic acids is 1. The van der Waals surface area contributed by atoms with E-state index in [-0.39, 0.29) is 5.78 Å². The number of rotatable bonds is 6. The molecule has 0 aliphatic carbocycles. The van der Waals surface area contributed by atoms with Crippen LogP contribution in [0.4, 0.5) is 0 Å². The molecule has 20 heavy (non-hydrogen) atoms. The van der Waals surface area contributed by atoms with Crippen molar-refractivity contribution in [1.82, 2.24) is 14.7 Å². The molecule has 2 rings (SSSR count). The number of ether oxygens (including phenoxy) is 2. The minimum Gasteiger partial charge on any atom is -0.493 e. The van der Waals surface area contributed by atoms with E-state index in [4.69, 9.17) is 9.47 Å². The number of hydrogen-bond donors (Lipinski definition) is 0. The van der Waals surface area contributed by atoms with Crippen molar-refractivity contribution < 1.29 is 14.3 Å². The van der Waals surface area contributed by atoms with Crippen LogP contribution in [-0.4, -0.2) is 59.9 Å². The largest absolute Gasteiger partial charge is 0.493 e. The molecule has 1 fully saturated rings. The number of morpholine rings is 1. The number of hydrogen-bond acceptors (Lipinski definition) is 5. The summed E-state index contributed by atoms with van der Waals surface area (Å²) in [6, 6.07) is 0. The van der Waals surface area contributed by atoms with Gasteiger partial charge in [0.15, 0.2) is 5.75 Å². The number of nitrogens with zero attached hydrogens (tertiary/aromatic N) is 3. The smallest absolute Gasteiger partial charge is 0.214 e. The van der Waals surface area contributed by atoms with Crippen LogP contribution in [0, 0.1) is 0 Å². The Morgan fingerprint density at radius 3 is 3.00 bits per heavy atom. The van der Waals surface area contributed by atoms with Crippen molar-refractivity contribution in [2.45, 2.75) is 32.9 Å². The maximum atomic E-state index is 12.7. The number of ketones is 1. The van der Waals surface area contributed by atoms with Crippen LogP contribution < -0.4 is 4.74 Å². The van der Waals surface area contributed by atoms with Crippen molar-refractivity contribution in [2.24, 2.45) is 0 Å². The standard InChI is InChI=1S/C14H23N3O3/c1-4-6-16-7-8-20-12(10-16)14(18)13-11(19-3)9-15-17(13)5-2/h9,12H,4-8,10H2,1-3H3. The van der Waals surface area contributed by atoms with Gasteiger partial charge in [-0.05, 0) is 19.9 Å². The number of methoxy groups -OCH3 is 1. The van der Waals surface area contributed by atoms with E-state index in [1.165, 1.54) is 0 Å². The van der Waals surface area contributed by atoms with Gasteiger partial charge in [0, 0.05) is 19.6 Å². The van der Waals surface area contributed by atoms with Crippen molar-refractivity contribution in [1.29, 1.82) is 0 Å². The number of carbonyl (C=O) groups is 1. The van der Waals surface area contributed by atoms with Crippen LogP contribution in [0.3, 0.4) is 0 Å². The molecule has 1 aromatic heterocycles. The first kappa shape index (κ1) is 15.0. The van der Waals surface area contributed by atoms with Crippen molar-refractivity contribution in [3.8, 4) is 5.75 Å². The maximum absolute atomic E-state index is 12.7. The Kier molecular flexibility index (Phi) is 5.14. The summed E-state index contributed by atoms with van der Waals surface area (Å²) in [4.78, 5) is 14.9. The van der Waals surface area contributed by atoms with Crippen LogP contribution >= 0.6 is 0 Å². The van der Waals surface area contributed by atoms with Gasteiger partial charge in [-0.3, -0.25) is 14.4 Å². The molecule has 1 unspecified atom stereocenters. The van der Waals surface area contributed by atoms with Crippen molar-refractivity contribution in [3.05, 3.63) is 11.9 Å². The van der Waals surface area contributed by atoms with Gasteiger partial charge < -0.3 is 9.47 Å². The van der Waals surface area contributed by atoms with Gasteiger partial charge in [-0.1, -0.05) is 6.92 Å². The number of aryl methyl sites for hydroxylation is 1. The van der Waals surface area contributed by atoms with Crippen LogP contribution in [-0.2, 0) is 11.3 Å². The molecule has 0 saturated carbocycles. The summed E-state index contributed by atoms with van der Waals surface area (Å²) in [5.41, 5.74) is 0.512. The molecule has 0 N–H and O–H groups in total. The Balaban J connectivity index is 2.16. The molecule has 0 aromatic carbocycles. The highest BCUT2D eigenvalue weighted by atomic mass is 16.5. The first-order valence-electron chi connectivity index (χ1n) is 7.19. The molecule has 1 atom stereocenters. The molecule has 1 aliphatic rings. The summed E-state index contributed by atoms with van der Waals surface area (Å²) in [5, 5.41) is 4.18. The minimum atomic E-state index is -0.425. The molecule has 0 radical (unpaired) electrons. The van der Waals surface area contributed by atoms with E-state index in [0.29, 0.717) is 31.1 Å². The molecule has 112 valence electrons. The molecule has 0 spiro atoms. The molecule has 0 bridgehead atoms. The highest BCUT2D eigenvalue weighted by Crippen LogP contribution is 2.21. The van der Waals surface area contributed by atoms with Gasteiger partial charge in [0.05, 0.1) is 19.9 Å². The van der Waals surface area contributed by atoms with E-state index >= 15 is 0 Å². The minimum absolute atomic E-state index is 0.0398. The Hall–Kier alpha value is -1.40. The van der Waals surface area contributed by atoms with Crippen LogP contribution in [0.5, 0.6) is 5.75 Å². The Morgan fingerprint density at radius 2 is 2.35 bits per heavy atom. The fraction of sp³-hybridized carbons (Fsp3) is 0.714. The van der Waals surface area contributed by atoms with Gasteiger partial charge in [-0.15, -0.1) is 0 Å². The Labute approximate surface area is 119 Å². The van der Waals surface area contributed by atoms with Gasteiger partial charge in [-0.25, -0.2) is 0 Å². The molecule has 6 heteroatoms. The maximum Gasteiger partial charge on any atom is 0.214 e. The van der Waals surface area contributed by atoms with Crippen LogP contribution in [0.2, 0.25) is 0 Å². The van der Waals surface area contributed by atoms with E-state index in [2.05, 4.69) is 16.9 Å². The first-order valence-corrected chi connectivity index (χ1v) is 7.19. The van der Waals surface area contributed by atoms with Crippen LogP contribution in [0.15, 0.2) is 6.20 Å². The second-order valence-electron chi connectivity index (χ2n) is 4.90. The second-order valence-corrected chi connectivity index (χ2v) is 4.90. The SMILES string of the molecule is CCCN1CCOC(C(=O)c2c(OC)cnn2CC)C1. The van der Waals surface area contributed by atoms with Gasteiger partial charge in [0.2, 0.25) is 5.78 Å². The van der Waals surface area contributed by atoms with E-state index in [9.17, 15) is 4.79 Å². The molecule has 2 heterocycles. The highest BCUT2D eigenvalue weighted by Gasteiger charge is 2.31. The fourth-order valence-electron chi connectivity index (χ4n) is 2.54. The van der Waals surface area contributed by atoms with Gasteiger partial charge >= 0.3 is 0 Å². The number of aromatic nitrogens is 2. The molecule has 0 amide bonds. The van der Waals surface area contributed by atoms with Crippen LogP contribution in [0.25, 0.3) is 0 Å². The first-order chi connectivity index (χ1) is 9.71. The zero-order valence-corrected chi connectivity index (χ0v) is 12.5. The van der Waals surface area contributed by atoms with E-state index in [1.807, 2.05) is 6.92 Å². The van der Waals surface area contributed by atoms with E-state index in [0.717, 1.165) is 19.5 Å². The summed E-state index contributed by atoms with van der Waals surface area (Å²) in [6.07, 6.45) is 2.24. The van der Waals surface area contributed by atoms with E-state index in [1.54, 1.807) is 18.0 Å². The van der Waals surface area contributed by atoms with Gasteiger partial charge in [0.1, 0.15) is 11.8 Å². The summed E-state index contributed by atoms with van der Waals surface area (Å²) >= 11 is 0. The van der Waals surface area contributed by atoms with Crippen LogP contribution in [0.1, 0.15) is 30.8 Å². The van der Waals surface area contributed by atoms with Crippen molar-refractivity contribution in [3.63, 3.8) is 0 Å². The summed E-state index contributed by atoms with van der Waals surface area (Å²) in [6.45, 7) is 7.86.